The lowest BCUT2D eigenvalue weighted by molar-refractivity contribution is -0.151. The van der Waals surface area contributed by atoms with Gasteiger partial charge in [0, 0.05) is 29.6 Å². The highest BCUT2D eigenvalue weighted by molar-refractivity contribution is 7.90. The summed E-state index contributed by atoms with van der Waals surface area (Å²) < 4.78 is 34.2. The van der Waals surface area contributed by atoms with E-state index in [0.717, 1.165) is 11.1 Å². The summed E-state index contributed by atoms with van der Waals surface area (Å²) in [5, 5.41) is 2.43. The number of thiophene rings is 1. The lowest BCUT2D eigenvalue weighted by Gasteiger charge is -2.32. The maximum Gasteiger partial charge on any atom is 0.309 e. The predicted octanol–water partition coefficient (Wildman–Crippen LogP) is 3.56. The molecule has 1 N–H and O–H groups in total. The molecule has 11 heteroatoms. The number of nitrogens with one attached hydrogen (secondary N) is 1. The number of ether oxygens (including phenoxy) is 1. The molecule has 188 valence electrons. The lowest BCUT2D eigenvalue weighted by atomic mass is 9.96. The third-order valence-electron chi connectivity index (χ3n) is 6.67. The van der Waals surface area contributed by atoms with E-state index in [1.165, 1.54) is 11.3 Å². The molecule has 0 radical (unpaired) electrons. The molecule has 2 aromatic carbocycles. The summed E-state index contributed by atoms with van der Waals surface area (Å²) in [5.74, 6) is 0.0436. The second kappa shape index (κ2) is 9.24. The number of aromatic nitrogens is 2. The maximum atomic E-state index is 12.8. The van der Waals surface area contributed by atoms with Gasteiger partial charge in [-0.2, -0.15) is 8.42 Å². The molecule has 6 rings (SSSR count). The van der Waals surface area contributed by atoms with Crippen LogP contribution in [0.5, 0.6) is 0 Å². The summed E-state index contributed by atoms with van der Waals surface area (Å²) in [5.41, 5.74) is 2.10. The molecule has 0 bridgehead atoms. The molecule has 37 heavy (non-hydrogen) atoms. The summed E-state index contributed by atoms with van der Waals surface area (Å²) in [6.45, 7) is 0.850. The summed E-state index contributed by atoms with van der Waals surface area (Å²) >= 11 is 1.38. The van der Waals surface area contributed by atoms with E-state index in [4.69, 9.17) is 4.74 Å². The normalized spacial score (nSPS) is 17.0. The van der Waals surface area contributed by atoms with E-state index in [1.54, 1.807) is 24.3 Å². The zero-order chi connectivity index (χ0) is 25.6. The van der Waals surface area contributed by atoms with Crippen molar-refractivity contribution in [1.29, 1.82) is 0 Å². The van der Waals surface area contributed by atoms with Gasteiger partial charge in [0.1, 0.15) is 22.2 Å². The average Bonchev–Trinajstić information content (AvgIpc) is 3.47. The van der Waals surface area contributed by atoms with Crippen molar-refractivity contribution in [3.8, 4) is 11.1 Å². The fourth-order valence-corrected chi connectivity index (χ4v) is 6.99. The Morgan fingerprint density at radius 3 is 2.57 bits per heavy atom. The predicted molar refractivity (Wildman–Crippen MR) is 140 cm³/mol. The number of likely N-dealkylation sites (tertiary alicyclic amines) is 1. The Morgan fingerprint density at radius 1 is 1.05 bits per heavy atom. The van der Waals surface area contributed by atoms with E-state index in [9.17, 15) is 18.0 Å². The average molecular weight is 535 g/mol. The number of fused-ring (bicyclic) bond motifs is 2. The van der Waals surface area contributed by atoms with Crippen LogP contribution in [0.15, 0.2) is 74.1 Å². The molecule has 0 aliphatic carbocycles. The molecule has 2 aromatic heterocycles. The van der Waals surface area contributed by atoms with Crippen molar-refractivity contribution < 1.29 is 17.9 Å². The van der Waals surface area contributed by atoms with Crippen LogP contribution >= 0.6 is 11.3 Å². The smallest absolute Gasteiger partial charge is 0.309 e. The Bertz CT molecular complexity index is 1700. The van der Waals surface area contributed by atoms with Gasteiger partial charge in [-0.1, -0.05) is 42.5 Å². The SMILES string of the molecule is O=C(OCc1nc2scc(-c3ccccc3)c2c(=O)[nH]1)C1CCN(C2=NS(=O)(=O)c3ccccc32)CC1. The van der Waals surface area contributed by atoms with E-state index >= 15 is 0 Å². The standard InChI is InChI=1S/C26H22N4O5S2/c31-24-22-19(16-6-2-1-3-7-16)15-36-25(22)28-21(27-24)14-35-26(32)17-10-12-30(13-11-17)23-18-8-4-5-9-20(18)37(33,34)29-23/h1-9,15,17H,10-14H2,(H,27,28,31). The van der Waals surface area contributed by atoms with Crippen LogP contribution in [0.1, 0.15) is 24.2 Å². The topological polar surface area (TPSA) is 122 Å². The quantitative estimate of drug-likeness (QED) is 0.397. The van der Waals surface area contributed by atoms with Crippen LogP contribution in [0.2, 0.25) is 0 Å². The fraction of sp³-hybridized carbons (Fsp3) is 0.231. The van der Waals surface area contributed by atoms with Gasteiger partial charge in [-0.3, -0.25) is 9.59 Å². The van der Waals surface area contributed by atoms with Gasteiger partial charge in [0.15, 0.2) is 5.84 Å². The number of carbonyl (C=O) groups excluding carboxylic acids is 1. The third kappa shape index (κ3) is 4.34. The minimum atomic E-state index is -3.69. The fourth-order valence-electron chi connectivity index (χ4n) is 4.79. The Morgan fingerprint density at radius 2 is 1.78 bits per heavy atom. The number of hydrogen-bond acceptors (Lipinski definition) is 8. The third-order valence-corrected chi connectivity index (χ3v) is 8.87. The van der Waals surface area contributed by atoms with E-state index in [-0.39, 0.29) is 28.9 Å². The van der Waals surface area contributed by atoms with Crippen LogP contribution in [0.3, 0.4) is 0 Å². The number of carbonyl (C=O) groups is 1. The molecule has 0 atom stereocenters. The van der Waals surface area contributed by atoms with E-state index < -0.39 is 10.0 Å². The van der Waals surface area contributed by atoms with Crippen LogP contribution in [0.25, 0.3) is 21.3 Å². The second-order valence-electron chi connectivity index (χ2n) is 8.96. The molecule has 4 aromatic rings. The number of piperidine rings is 1. The van der Waals surface area contributed by atoms with Gasteiger partial charge in [-0.15, -0.1) is 15.7 Å². The number of H-pyrrole nitrogens is 1. The number of benzene rings is 2. The molecule has 1 saturated heterocycles. The van der Waals surface area contributed by atoms with Gasteiger partial charge in [0.05, 0.1) is 11.3 Å². The zero-order valence-corrected chi connectivity index (χ0v) is 21.2. The maximum absolute atomic E-state index is 12.8. The Kier molecular flexibility index (Phi) is 5.88. The monoisotopic (exact) mass is 534 g/mol. The first-order valence-corrected chi connectivity index (χ1v) is 14.1. The number of esters is 1. The molecular formula is C26H22N4O5S2. The van der Waals surface area contributed by atoms with Gasteiger partial charge < -0.3 is 14.6 Å². The van der Waals surface area contributed by atoms with Crippen molar-refractivity contribution >= 4 is 43.4 Å². The number of aromatic amines is 1. The van der Waals surface area contributed by atoms with Crippen LogP contribution in [-0.4, -0.2) is 48.2 Å². The highest BCUT2D eigenvalue weighted by Gasteiger charge is 2.34. The van der Waals surface area contributed by atoms with Gasteiger partial charge in [-0.05, 0) is 30.5 Å². The van der Waals surface area contributed by atoms with Crippen LogP contribution < -0.4 is 5.56 Å². The molecule has 4 heterocycles. The van der Waals surface area contributed by atoms with Crippen molar-refractivity contribution in [2.24, 2.45) is 10.3 Å². The van der Waals surface area contributed by atoms with Crippen LogP contribution in [0, 0.1) is 5.92 Å². The highest BCUT2D eigenvalue weighted by Crippen LogP contribution is 2.31. The first-order valence-electron chi connectivity index (χ1n) is 11.8. The van der Waals surface area contributed by atoms with Crippen LogP contribution in [-0.2, 0) is 26.2 Å². The number of rotatable bonds is 4. The summed E-state index contributed by atoms with van der Waals surface area (Å²) in [4.78, 5) is 35.5. The summed E-state index contributed by atoms with van der Waals surface area (Å²) in [7, 11) is -3.69. The van der Waals surface area contributed by atoms with Crippen molar-refractivity contribution in [2.75, 3.05) is 13.1 Å². The molecular weight excluding hydrogens is 512 g/mol. The summed E-state index contributed by atoms with van der Waals surface area (Å²) in [6.07, 6.45) is 1.02. The van der Waals surface area contributed by atoms with Gasteiger partial charge >= 0.3 is 5.97 Å². The number of nitrogens with zero attached hydrogens (tertiary/aromatic N) is 3. The first kappa shape index (κ1) is 23.6. The van der Waals surface area contributed by atoms with E-state index in [2.05, 4.69) is 14.4 Å². The van der Waals surface area contributed by atoms with E-state index in [0.29, 0.717) is 53.4 Å². The second-order valence-corrected chi connectivity index (χ2v) is 11.4. The van der Waals surface area contributed by atoms with Crippen molar-refractivity contribution in [3.63, 3.8) is 0 Å². The number of sulfonamides is 1. The molecule has 9 nitrogen and oxygen atoms in total. The van der Waals surface area contributed by atoms with Crippen molar-refractivity contribution in [1.82, 2.24) is 14.9 Å². The van der Waals surface area contributed by atoms with E-state index in [1.807, 2.05) is 40.6 Å². The molecule has 0 amide bonds. The van der Waals surface area contributed by atoms with Crippen molar-refractivity contribution in [3.05, 3.63) is 81.7 Å². The minimum absolute atomic E-state index is 0.124. The lowest BCUT2D eigenvalue weighted by Crippen LogP contribution is -2.40. The minimum Gasteiger partial charge on any atom is -0.457 e. The van der Waals surface area contributed by atoms with Gasteiger partial charge in [0.25, 0.3) is 15.6 Å². The highest BCUT2D eigenvalue weighted by atomic mass is 32.2. The van der Waals surface area contributed by atoms with Gasteiger partial charge in [0.2, 0.25) is 0 Å². The molecule has 0 spiro atoms. The number of hydrogen-bond donors (Lipinski definition) is 1. The zero-order valence-electron chi connectivity index (χ0n) is 19.6. The Labute approximate surface area is 216 Å². The molecule has 1 fully saturated rings. The molecule has 0 saturated carbocycles. The Hall–Kier alpha value is -3.83. The molecule has 2 aliphatic heterocycles. The Balaban J connectivity index is 1.10. The van der Waals surface area contributed by atoms with Crippen molar-refractivity contribution in [2.45, 2.75) is 24.3 Å². The largest absolute Gasteiger partial charge is 0.457 e. The van der Waals surface area contributed by atoms with Gasteiger partial charge in [-0.25, -0.2) is 4.98 Å². The molecule has 2 aliphatic rings. The molecule has 0 unspecified atom stereocenters. The summed E-state index contributed by atoms with van der Waals surface area (Å²) in [6, 6.07) is 16.4. The first-order chi connectivity index (χ1) is 17.9. The van der Waals surface area contributed by atoms with Crippen LogP contribution in [0.4, 0.5) is 0 Å². The number of amidine groups is 1.